The van der Waals surface area contributed by atoms with Crippen LogP contribution in [0.3, 0.4) is 0 Å². The van der Waals surface area contributed by atoms with Gasteiger partial charge in [0.1, 0.15) is 0 Å². The molecule has 0 aliphatic carbocycles. The van der Waals surface area contributed by atoms with E-state index in [-0.39, 0.29) is 37.7 Å². The van der Waals surface area contributed by atoms with E-state index >= 15 is 0 Å². The van der Waals surface area contributed by atoms with Gasteiger partial charge in [-0.3, -0.25) is 9.11 Å². The molecule has 0 aromatic rings. The summed E-state index contributed by atoms with van der Waals surface area (Å²) in [6.07, 6.45) is 0. The van der Waals surface area contributed by atoms with Gasteiger partial charge in [-0.05, 0) is 0 Å². The van der Waals surface area contributed by atoms with Gasteiger partial charge in [-0.25, -0.2) is 0 Å². The Labute approximate surface area is 88.6 Å². The summed E-state index contributed by atoms with van der Waals surface area (Å²) in [5.74, 6) is 0. The molecule has 0 rings (SSSR count). The molecule has 0 amide bonds. The van der Waals surface area contributed by atoms with E-state index in [1.807, 2.05) is 0 Å². The van der Waals surface area contributed by atoms with Crippen molar-refractivity contribution in [1.82, 2.24) is 0 Å². The van der Waals surface area contributed by atoms with E-state index in [1.165, 1.54) is 0 Å². The minimum absolute atomic E-state index is 0. The van der Waals surface area contributed by atoms with Crippen molar-refractivity contribution in [2.75, 3.05) is 5.08 Å². The molecule has 0 unspecified atom stereocenters. The summed E-state index contributed by atoms with van der Waals surface area (Å²) in [6, 6.07) is 0. The van der Waals surface area contributed by atoms with Crippen molar-refractivity contribution in [2.45, 2.75) is 0 Å². The normalized spacial score (nSPS) is 11.1. The Hall–Kier alpha value is 1.01. The Morgan fingerprint density at radius 3 is 1.00 bits per heavy atom. The first-order valence-electron chi connectivity index (χ1n) is 1.61. The molecule has 11 heavy (non-hydrogen) atoms. The average Bonchev–Trinajstić information content (AvgIpc) is 1.14. The van der Waals surface area contributed by atoms with Crippen molar-refractivity contribution in [2.24, 2.45) is 0 Å². The van der Waals surface area contributed by atoms with Gasteiger partial charge >= 0.3 is 37.7 Å². The van der Waals surface area contributed by atoms with Crippen molar-refractivity contribution in [3.05, 3.63) is 0 Å². The van der Waals surface area contributed by atoms with Gasteiger partial charge in [-0.15, -0.1) is 0 Å². The Balaban J connectivity index is -0.000000320. The Kier molecular flexibility index (Phi) is 9.17. The molecule has 0 bridgehead atoms. The van der Waals surface area contributed by atoms with Crippen LogP contribution in [0.2, 0.25) is 0 Å². The van der Waals surface area contributed by atoms with E-state index in [4.69, 9.17) is 9.11 Å². The third-order valence-electron chi connectivity index (χ3n) is 0.298. The second-order valence-electron chi connectivity index (χ2n) is 1.28. The van der Waals surface area contributed by atoms with Crippen LogP contribution < -0.4 is 0 Å². The summed E-state index contributed by atoms with van der Waals surface area (Å²) in [6.45, 7) is 0. The van der Waals surface area contributed by atoms with Gasteiger partial charge in [-0.1, -0.05) is 0 Å². The topological polar surface area (TPSA) is 109 Å². The van der Waals surface area contributed by atoms with Crippen LogP contribution in [-0.4, -0.2) is 68.7 Å². The molecule has 0 aromatic carbocycles. The van der Waals surface area contributed by atoms with Crippen LogP contribution >= 0.6 is 0 Å². The monoisotopic (exact) mass is 192 g/mol. The quantitative estimate of drug-likeness (QED) is 0.367. The molecule has 6 nitrogen and oxygen atoms in total. The SMILES string of the molecule is O=S(=O)(O)CS(=O)(=O)O.[LiH].[LiH]. The summed E-state index contributed by atoms with van der Waals surface area (Å²) in [4.78, 5) is 0. The molecule has 60 valence electrons. The van der Waals surface area contributed by atoms with E-state index in [2.05, 4.69) is 0 Å². The fourth-order valence-electron chi connectivity index (χ4n) is 0.188. The molecule has 10 heteroatoms. The molecule has 0 heterocycles. The van der Waals surface area contributed by atoms with Crippen LogP contribution in [-0.2, 0) is 20.2 Å². The zero-order valence-electron chi connectivity index (χ0n) is 4.05. The predicted molar refractivity (Wildman–Crippen MR) is 42.3 cm³/mol. The minimum atomic E-state index is -4.62. The molecule has 0 atom stereocenters. The summed E-state index contributed by atoms with van der Waals surface area (Å²) in [5, 5.41) is -1.65. The number of hydrogen-bond acceptors (Lipinski definition) is 4. The molecule has 0 aliphatic rings. The van der Waals surface area contributed by atoms with E-state index in [9.17, 15) is 16.8 Å². The first-order valence-corrected chi connectivity index (χ1v) is 4.83. The molecule has 0 radical (unpaired) electrons. The fourth-order valence-corrected chi connectivity index (χ4v) is 1.69. The van der Waals surface area contributed by atoms with Gasteiger partial charge in [0.25, 0.3) is 20.2 Å². The third-order valence-corrected chi connectivity index (χ3v) is 2.68. The van der Waals surface area contributed by atoms with Crippen LogP contribution in [0.15, 0.2) is 0 Å². The van der Waals surface area contributed by atoms with Crippen LogP contribution in [0.1, 0.15) is 0 Å². The van der Waals surface area contributed by atoms with Gasteiger partial charge < -0.3 is 0 Å². The standard InChI is InChI=1S/CH4O6S2.2Li.2H/c2-8(3,4)1-9(5,6)7;;;;/h1H2,(H,2,3,4)(H,5,6,7);;;;. The molecule has 0 aromatic heterocycles. The first kappa shape index (κ1) is 17.9. The Morgan fingerprint density at radius 1 is 0.818 bits per heavy atom. The molecular formula is CH6Li2O6S2. The van der Waals surface area contributed by atoms with Crippen molar-refractivity contribution in [3.8, 4) is 0 Å². The summed E-state index contributed by atoms with van der Waals surface area (Å²) < 4.78 is 54.2. The van der Waals surface area contributed by atoms with Gasteiger partial charge in [-0.2, -0.15) is 16.8 Å². The molecule has 0 saturated carbocycles. The van der Waals surface area contributed by atoms with Crippen LogP contribution in [0, 0.1) is 0 Å². The van der Waals surface area contributed by atoms with Crippen LogP contribution in [0.5, 0.6) is 0 Å². The third kappa shape index (κ3) is 18.2. The molecule has 2 N–H and O–H groups in total. The van der Waals surface area contributed by atoms with Crippen molar-refractivity contribution in [1.29, 1.82) is 0 Å². The van der Waals surface area contributed by atoms with Crippen LogP contribution in [0.4, 0.5) is 0 Å². The van der Waals surface area contributed by atoms with E-state index in [0.717, 1.165) is 0 Å². The molecule has 0 saturated heterocycles. The predicted octanol–water partition coefficient (Wildman–Crippen LogP) is -2.58. The first-order chi connectivity index (χ1) is 3.71. The van der Waals surface area contributed by atoms with Gasteiger partial charge in [0.15, 0.2) is 0 Å². The second kappa shape index (κ2) is 5.62. The number of rotatable bonds is 2. The van der Waals surface area contributed by atoms with E-state index in [1.54, 1.807) is 0 Å². The van der Waals surface area contributed by atoms with Gasteiger partial charge in [0.05, 0.1) is 0 Å². The van der Waals surface area contributed by atoms with E-state index < -0.39 is 25.3 Å². The Bertz CT molecular complexity index is 244. The van der Waals surface area contributed by atoms with Crippen molar-refractivity contribution >= 4 is 58.0 Å². The van der Waals surface area contributed by atoms with Crippen LogP contribution in [0.25, 0.3) is 0 Å². The summed E-state index contributed by atoms with van der Waals surface area (Å²) in [7, 11) is -9.24. The number of hydrogen-bond donors (Lipinski definition) is 2. The van der Waals surface area contributed by atoms with Crippen molar-refractivity contribution < 1.29 is 25.9 Å². The average molecular weight is 192 g/mol. The fraction of sp³-hybridized carbons (Fsp3) is 1.00. The zero-order chi connectivity index (χ0) is 7.71. The zero-order valence-corrected chi connectivity index (χ0v) is 5.68. The molecular weight excluding hydrogens is 186 g/mol. The molecule has 0 spiro atoms. The molecule has 0 aliphatic heterocycles. The Morgan fingerprint density at radius 2 is 1.00 bits per heavy atom. The van der Waals surface area contributed by atoms with Gasteiger partial charge in [0, 0.05) is 0 Å². The summed E-state index contributed by atoms with van der Waals surface area (Å²) >= 11 is 0. The maximum absolute atomic E-state index is 9.66. The molecule has 0 fully saturated rings. The maximum atomic E-state index is 9.66. The van der Waals surface area contributed by atoms with Gasteiger partial charge in [0.2, 0.25) is 5.08 Å². The second-order valence-corrected chi connectivity index (χ2v) is 4.55. The summed E-state index contributed by atoms with van der Waals surface area (Å²) in [5.41, 5.74) is 0. The van der Waals surface area contributed by atoms with Crippen molar-refractivity contribution in [3.63, 3.8) is 0 Å². The van der Waals surface area contributed by atoms with E-state index in [0.29, 0.717) is 0 Å².